The third-order valence-corrected chi connectivity index (χ3v) is 4.32. The van der Waals surface area contributed by atoms with Gasteiger partial charge < -0.3 is 0 Å². The molecule has 0 radical (unpaired) electrons. The molecule has 0 aliphatic carbocycles. The normalized spacial score (nSPS) is 11.5. The fourth-order valence-electron chi connectivity index (χ4n) is 0.822. The summed E-state index contributed by atoms with van der Waals surface area (Å²) in [7, 11) is -3.71. The molecule has 0 bridgehead atoms. The summed E-state index contributed by atoms with van der Waals surface area (Å²) in [5.41, 5.74) is -0.461. The van der Waals surface area contributed by atoms with Crippen molar-refractivity contribution in [3.8, 4) is 0 Å². The molecule has 1 rings (SSSR count). The van der Waals surface area contributed by atoms with Gasteiger partial charge in [-0.3, -0.25) is 4.72 Å². The van der Waals surface area contributed by atoms with Gasteiger partial charge in [-0.1, -0.05) is 27.5 Å². The van der Waals surface area contributed by atoms with Crippen molar-refractivity contribution in [2.75, 3.05) is 9.38 Å². The summed E-state index contributed by atoms with van der Waals surface area (Å²) in [5, 5.41) is -0.336. The van der Waals surface area contributed by atoms with Gasteiger partial charge in [0.2, 0.25) is 10.0 Å². The molecule has 0 saturated carbocycles. The Morgan fingerprint density at radius 3 is 2.47 bits per heavy atom. The van der Waals surface area contributed by atoms with E-state index in [1.807, 2.05) is 4.72 Å². The largest absolute Gasteiger partial charge is 0.278 e. The van der Waals surface area contributed by atoms with Crippen LogP contribution < -0.4 is 4.72 Å². The SMILES string of the molecule is O=S(=O)(CBr)Nc1c(F)cc(F)cc1Cl. The molecule has 0 aliphatic heterocycles. The quantitative estimate of drug-likeness (QED) is 0.871. The topological polar surface area (TPSA) is 46.2 Å². The van der Waals surface area contributed by atoms with Crippen LogP contribution in [-0.4, -0.2) is 13.1 Å². The number of alkyl halides is 1. The summed E-state index contributed by atoms with van der Waals surface area (Å²) in [6.45, 7) is 0. The van der Waals surface area contributed by atoms with Crippen molar-refractivity contribution in [1.82, 2.24) is 0 Å². The lowest BCUT2D eigenvalue weighted by Gasteiger charge is -2.08. The summed E-state index contributed by atoms with van der Waals surface area (Å²) >= 11 is 8.18. The lowest BCUT2D eigenvalue weighted by atomic mass is 10.3. The number of rotatable bonds is 3. The van der Waals surface area contributed by atoms with E-state index >= 15 is 0 Å². The zero-order valence-electron chi connectivity index (χ0n) is 7.10. The molecule has 0 amide bonds. The molecule has 1 N–H and O–H groups in total. The number of sulfonamides is 1. The Balaban J connectivity index is 3.17. The standard InChI is InChI=1S/C7H5BrClF2NO2S/c8-3-15(13,14)12-7-5(9)1-4(10)2-6(7)11/h1-2,12H,3H2. The van der Waals surface area contributed by atoms with Crippen molar-refractivity contribution < 1.29 is 17.2 Å². The van der Waals surface area contributed by atoms with Gasteiger partial charge in [-0.05, 0) is 6.07 Å². The molecule has 0 atom stereocenters. The van der Waals surface area contributed by atoms with E-state index in [0.29, 0.717) is 6.07 Å². The van der Waals surface area contributed by atoms with Crippen LogP contribution in [0.25, 0.3) is 0 Å². The molecule has 1 aromatic rings. The van der Waals surface area contributed by atoms with E-state index in [1.54, 1.807) is 0 Å². The molecule has 0 heterocycles. The van der Waals surface area contributed by atoms with Gasteiger partial charge in [0.25, 0.3) is 0 Å². The second kappa shape index (κ2) is 4.63. The Labute approximate surface area is 98.6 Å². The van der Waals surface area contributed by atoms with Crippen molar-refractivity contribution in [2.24, 2.45) is 0 Å². The average Bonchev–Trinajstić information content (AvgIpc) is 2.11. The van der Waals surface area contributed by atoms with E-state index in [9.17, 15) is 17.2 Å². The van der Waals surface area contributed by atoms with Crippen LogP contribution in [0.3, 0.4) is 0 Å². The predicted molar refractivity (Wildman–Crippen MR) is 57.7 cm³/mol. The highest BCUT2D eigenvalue weighted by Gasteiger charge is 2.15. The van der Waals surface area contributed by atoms with Crippen molar-refractivity contribution >= 4 is 43.2 Å². The van der Waals surface area contributed by atoms with Crippen LogP contribution in [0.4, 0.5) is 14.5 Å². The second-order valence-electron chi connectivity index (χ2n) is 2.57. The highest BCUT2D eigenvalue weighted by atomic mass is 79.9. The molecule has 0 fully saturated rings. The molecule has 1 aromatic carbocycles. The third-order valence-electron chi connectivity index (χ3n) is 1.41. The Hall–Kier alpha value is -0.400. The number of nitrogens with one attached hydrogen (secondary N) is 1. The van der Waals surface area contributed by atoms with E-state index in [2.05, 4.69) is 15.9 Å². The second-order valence-corrected chi connectivity index (χ2v) is 6.00. The molecule has 8 heteroatoms. The maximum Gasteiger partial charge on any atom is 0.242 e. The van der Waals surface area contributed by atoms with E-state index in [1.165, 1.54) is 0 Å². The molecule has 84 valence electrons. The maximum atomic E-state index is 13.1. The number of hydrogen-bond donors (Lipinski definition) is 1. The van der Waals surface area contributed by atoms with E-state index in [4.69, 9.17) is 11.6 Å². The maximum absolute atomic E-state index is 13.1. The summed E-state index contributed by atoms with van der Waals surface area (Å²) in [4.78, 5) is 0. The van der Waals surface area contributed by atoms with E-state index in [-0.39, 0.29) is 5.02 Å². The first kappa shape index (κ1) is 12.7. The molecule has 0 spiro atoms. The predicted octanol–water partition coefficient (Wildman–Crippen LogP) is 2.71. The number of anilines is 1. The van der Waals surface area contributed by atoms with Crippen LogP contribution in [0, 0.1) is 11.6 Å². The van der Waals surface area contributed by atoms with E-state index < -0.39 is 32.0 Å². The lowest BCUT2D eigenvalue weighted by molar-refractivity contribution is 0.583. The molecule has 0 saturated heterocycles. The number of hydrogen-bond acceptors (Lipinski definition) is 2. The lowest BCUT2D eigenvalue weighted by Crippen LogP contribution is -2.14. The van der Waals surface area contributed by atoms with Gasteiger partial charge in [-0.25, -0.2) is 17.2 Å². The van der Waals surface area contributed by atoms with Crippen molar-refractivity contribution in [2.45, 2.75) is 0 Å². The third kappa shape index (κ3) is 3.29. The van der Waals surface area contributed by atoms with Gasteiger partial charge in [-0.2, -0.15) is 0 Å². The van der Waals surface area contributed by atoms with Crippen LogP contribution in [0.2, 0.25) is 5.02 Å². The zero-order valence-corrected chi connectivity index (χ0v) is 10.3. The monoisotopic (exact) mass is 319 g/mol. The highest BCUT2D eigenvalue weighted by Crippen LogP contribution is 2.27. The first-order valence-corrected chi connectivity index (χ1v) is 6.72. The Morgan fingerprint density at radius 2 is 2.00 bits per heavy atom. The number of benzene rings is 1. The molecular formula is C7H5BrClF2NO2S. The van der Waals surface area contributed by atoms with Crippen LogP contribution in [0.1, 0.15) is 0 Å². The van der Waals surface area contributed by atoms with Crippen LogP contribution in [0.15, 0.2) is 12.1 Å². The minimum atomic E-state index is -3.71. The molecular weight excluding hydrogens is 316 g/mol. The van der Waals surface area contributed by atoms with Gasteiger partial charge >= 0.3 is 0 Å². The van der Waals surface area contributed by atoms with Crippen LogP contribution in [-0.2, 0) is 10.0 Å². The average molecular weight is 321 g/mol. The molecule has 0 aromatic heterocycles. The molecule has 0 aliphatic rings. The van der Waals surface area contributed by atoms with Crippen LogP contribution in [0.5, 0.6) is 0 Å². The molecule has 0 unspecified atom stereocenters. The minimum absolute atomic E-state index is 0.336. The summed E-state index contributed by atoms with van der Waals surface area (Å²) in [5.74, 6) is -1.94. The Bertz CT molecular complexity index is 457. The number of halogens is 4. The Kier molecular flexibility index (Phi) is 3.91. The summed E-state index contributed by atoms with van der Waals surface area (Å²) < 4.78 is 49.4. The minimum Gasteiger partial charge on any atom is -0.278 e. The van der Waals surface area contributed by atoms with Gasteiger partial charge in [0, 0.05) is 6.07 Å². The van der Waals surface area contributed by atoms with Crippen molar-refractivity contribution in [1.29, 1.82) is 0 Å². The fourth-order valence-corrected chi connectivity index (χ4v) is 2.04. The van der Waals surface area contributed by atoms with Gasteiger partial charge in [0.1, 0.15) is 16.2 Å². The zero-order chi connectivity index (χ0) is 11.6. The van der Waals surface area contributed by atoms with Gasteiger partial charge in [0.05, 0.1) is 5.02 Å². The van der Waals surface area contributed by atoms with Crippen LogP contribution >= 0.6 is 27.5 Å². The van der Waals surface area contributed by atoms with Crippen molar-refractivity contribution in [3.05, 3.63) is 28.8 Å². The van der Waals surface area contributed by atoms with E-state index in [0.717, 1.165) is 6.07 Å². The van der Waals surface area contributed by atoms with Crippen molar-refractivity contribution in [3.63, 3.8) is 0 Å². The molecule has 15 heavy (non-hydrogen) atoms. The summed E-state index contributed by atoms with van der Waals surface area (Å²) in [6, 6.07) is 1.36. The molecule has 3 nitrogen and oxygen atoms in total. The first-order chi connectivity index (χ1) is 6.85. The summed E-state index contributed by atoms with van der Waals surface area (Å²) in [6.07, 6.45) is 0. The highest BCUT2D eigenvalue weighted by molar-refractivity contribution is 9.10. The first-order valence-electron chi connectivity index (χ1n) is 3.57. The Morgan fingerprint density at radius 1 is 1.40 bits per heavy atom. The fraction of sp³-hybridized carbons (Fsp3) is 0.143. The van der Waals surface area contributed by atoms with Gasteiger partial charge in [-0.15, -0.1) is 0 Å². The smallest absolute Gasteiger partial charge is 0.242 e. The van der Waals surface area contributed by atoms with Gasteiger partial charge in [0.15, 0.2) is 5.82 Å².